The Hall–Kier alpha value is -0.900. The summed E-state index contributed by atoms with van der Waals surface area (Å²) in [4.78, 5) is 23.0. The number of ketones is 1. The first kappa shape index (κ1) is 10.6. The van der Waals surface area contributed by atoms with Gasteiger partial charge in [0.15, 0.2) is 11.4 Å². The van der Waals surface area contributed by atoms with Gasteiger partial charge in [0.2, 0.25) is 5.91 Å². The quantitative estimate of drug-likeness (QED) is 0.700. The maximum Gasteiger partial charge on any atom is 0.235 e. The predicted octanol–water partition coefficient (Wildman–Crippen LogP) is 0.571. The van der Waals surface area contributed by atoms with Gasteiger partial charge < -0.3 is 5.32 Å². The molecule has 2 fully saturated rings. The van der Waals surface area contributed by atoms with Gasteiger partial charge in [-0.15, -0.1) is 0 Å². The fraction of sp³-hybridized carbons (Fsp3) is 0.818. The third-order valence-electron chi connectivity index (χ3n) is 3.64. The molecule has 0 spiro atoms. The van der Waals surface area contributed by atoms with Gasteiger partial charge in [0.05, 0.1) is 6.54 Å². The molecule has 0 aromatic heterocycles. The molecular formula is C11H18N2O2. The van der Waals surface area contributed by atoms with Gasteiger partial charge >= 0.3 is 0 Å². The fourth-order valence-corrected chi connectivity index (χ4v) is 2.81. The molecule has 2 rings (SSSR count). The van der Waals surface area contributed by atoms with Gasteiger partial charge in [0.25, 0.3) is 0 Å². The van der Waals surface area contributed by atoms with Crippen molar-refractivity contribution in [2.75, 3.05) is 6.54 Å². The number of hydrogen-bond donors (Lipinski definition) is 2. The number of rotatable bonds is 2. The van der Waals surface area contributed by atoms with Gasteiger partial charge in [-0.05, 0) is 19.8 Å². The van der Waals surface area contributed by atoms with Crippen LogP contribution in [0.5, 0.6) is 0 Å². The molecule has 1 saturated carbocycles. The molecule has 2 N–H and O–H groups in total. The molecule has 1 saturated heterocycles. The number of carbonyl (C=O) groups is 2. The lowest BCUT2D eigenvalue weighted by Crippen LogP contribution is -2.61. The van der Waals surface area contributed by atoms with Crippen LogP contribution in [0.3, 0.4) is 0 Å². The van der Waals surface area contributed by atoms with E-state index in [0.717, 1.165) is 25.7 Å². The molecule has 0 aromatic carbocycles. The molecule has 15 heavy (non-hydrogen) atoms. The Morgan fingerprint density at radius 1 is 1.33 bits per heavy atom. The molecule has 4 nitrogen and oxygen atoms in total. The summed E-state index contributed by atoms with van der Waals surface area (Å²) in [6.07, 6.45) is 5.65. The minimum Gasteiger partial charge on any atom is -0.330 e. The summed E-state index contributed by atoms with van der Waals surface area (Å²) >= 11 is 0. The number of carbonyl (C=O) groups excluding carboxylic acids is 2. The highest BCUT2D eigenvalue weighted by Crippen LogP contribution is 2.33. The van der Waals surface area contributed by atoms with Crippen LogP contribution in [0.25, 0.3) is 0 Å². The molecule has 1 aliphatic carbocycles. The topological polar surface area (TPSA) is 58.2 Å². The fourth-order valence-electron chi connectivity index (χ4n) is 2.81. The molecule has 4 heteroatoms. The Balaban J connectivity index is 2.18. The summed E-state index contributed by atoms with van der Waals surface area (Å²) in [7, 11) is 0. The largest absolute Gasteiger partial charge is 0.330 e. The first-order valence-corrected chi connectivity index (χ1v) is 5.72. The minimum atomic E-state index is -0.752. The Kier molecular flexibility index (Phi) is 2.78. The third-order valence-corrected chi connectivity index (χ3v) is 3.64. The Bertz CT molecular complexity index is 284. The van der Waals surface area contributed by atoms with Gasteiger partial charge in [-0.25, -0.2) is 0 Å². The molecule has 0 aromatic rings. The monoisotopic (exact) mass is 210 g/mol. The summed E-state index contributed by atoms with van der Waals surface area (Å²) in [6.45, 7) is 1.84. The highest BCUT2D eigenvalue weighted by molar-refractivity contribution is 5.95. The second kappa shape index (κ2) is 3.93. The molecule has 1 atom stereocenters. The molecule has 1 unspecified atom stereocenters. The van der Waals surface area contributed by atoms with E-state index in [2.05, 4.69) is 10.6 Å². The molecular weight excluding hydrogens is 192 g/mol. The van der Waals surface area contributed by atoms with E-state index < -0.39 is 5.66 Å². The molecule has 0 bridgehead atoms. The zero-order valence-electron chi connectivity index (χ0n) is 9.14. The Morgan fingerprint density at radius 2 is 2.00 bits per heavy atom. The van der Waals surface area contributed by atoms with E-state index in [1.165, 1.54) is 6.42 Å². The van der Waals surface area contributed by atoms with Gasteiger partial charge in [-0.1, -0.05) is 19.3 Å². The lowest BCUT2D eigenvalue weighted by Gasteiger charge is -2.37. The SMILES string of the molecule is CC(=O)C1(C2CCCCC2)NCC(=O)N1. The minimum absolute atomic E-state index is 0.0419. The summed E-state index contributed by atoms with van der Waals surface area (Å²) in [5.41, 5.74) is -0.752. The molecule has 1 aliphatic heterocycles. The van der Waals surface area contributed by atoms with Crippen LogP contribution in [0.15, 0.2) is 0 Å². The number of nitrogens with one attached hydrogen (secondary N) is 2. The van der Waals surface area contributed by atoms with Gasteiger partial charge in [0.1, 0.15) is 0 Å². The lowest BCUT2D eigenvalue weighted by molar-refractivity contribution is -0.129. The van der Waals surface area contributed by atoms with Crippen molar-refractivity contribution in [3.05, 3.63) is 0 Å². The summed E-state index contributed by atoms with van der Waals surface area (Å²) in [6, 6.07) is 0. The van der Waals surface area contributed by atoms with Crippen molar-refractivity contribution in [3.8, 4) is 0 Å². The lowest BCUT2D eigenvalue weighted by atomic mass is 9.78. The third kappa shape index (κ3) is 1.78. The second-order valence-electron chi connectivity index (χ2n) is 4.60. The summed E-state index contributed by atoms with van der Waals surface area (Å²) in [5.74, 6) is 0.256. The molecule has 84 valence electrons. The van der Waals surface area contributed by atoms with E-state index in [-0.39, 0.29) is 24.2 Å². The normalized spacial score (nSPS) is 32.7. The average Bonchev–Trinajstić information content (AvgIpc) is 2.63. The Labute approximate surface area is 89.8 Å². The van der Waals surface area contributed by atoms with Crippen molar-refractivity contribution >= 4 is 11.7 Å². The average molecular weight is 210 g/mol. The number of hydrogen-bond acceptors (Lipinski definition) is 3. The summed E-state index contributed by atoms with van der Waals surface area (Å²) < 4.78 is 0. The zero-order chi connectivity index (χ0) is 10.9. The predicted molar refractivity (Wildman–Crippen MR) is 56.1 cm³/mol. The smallest absolute Gasteiger partial charge is 0.235 e. The zero-order valence-corrected chi connectivity index (χ0v) is 9.14. The van der Waals surface area contributed by atoms with Crippen molar-refractivity contribution < 1.29 is 9.59 Å². The van der Waals surface area contributed by atoms with Crippen LogP contribution in [-0.2, 0) is 9.59 Å². The van der Waals surface area contributed by atoms with E-state index in [9.17, 15) is 9.59 Å². The molecule has 1 heterocycles. The first-order chi connectivity index (χ1) is 7.15. The van der Waals surface area contributed by atoms with Crippen LogP contribution >= 0.6 is 0 Å². The van der Waals surface area contributed by atoms with Crippen molar-refractivity contribution in [2.45, 2.75) is 44.7 Å². The van der Waals surface area contributed by atoms with Crippen LogP contribution in [0.1, 0.15) is 39.0 Å². The maximum absolute atomic E-state index is 11.7. The molecule has 2 aliphatic rings. The first-order valence-electron chi connectivity index (χ1n) is 5.72. The summed E-state index contributed by atoms with van der Waals surface area (Å²) in [5, 5.41) is 5.92. The van der Waals surface area contributed by atoms with Crippen LogP contribution < -0.4 is 10.6 Å². The van der Waals surface area contributed by atoms with Crippen molar-refractivity contribution in [2.24, 2.45) is 5.92 Å². The van der Waals surface area contributed by atoms with E-state index in [1.54, 1.807) is 6.92 Å². The molecule has 1 amide bonds. The van der Waals surface area contributed by atoms with E-state index in [4.69, 9.17) is 0 Å². The van der Waals surface area contributed by atoms with E-state index in [1.807, 2.05) is 0 Å². The van der Waals surface area contributed by atoms with Crippen LogP contribution in [0.4, 0.5) is 0 Å². The van der Waals surface area contributed by atoms with Gasteiger partial charge in [0, 0.05) is 5.92 Å². The second-order valence-corrected chi connectivity index (χ2v) is 4.60. The number of amides is 1. The maximum atomic E-state index is 11.7. The highest BCUT2D eigenvalue weighted by Gasteiger charge is 2.47. The Morgan fingerprint density at radius 3 is 2.47 bits per heavy atom. The number of Topliss-reactive ketones (excluding diaryl/α,β-unsaturated/α-hetero) is 1. The standard InChI is InChI=1S/C11H18N2O2/c1-8(14)11(12-7-10(15)13-11)9-5-3-2-4-6-9/h9,12H,2-7H2,1H3,(H,13,15). The van der Waals surface area contributed by atoms with Crippen molar-refractivity contribution in [1.82, 2.24) is 10.6 Å². The van der Waals surface area contributed by atoms with Crippen LogP contribution in [-0.4, -0.2) is 23.9 Å². The highest BCUT2D eigenvalue weighted by atomic mass is 16.2. The van der Waals surface area contributed by atoms with Crippen LogP contribution in [0, 0.1) is 5.92 Å². The van der Waals surface area contributed by atoms with E-state index >= 15 is 0 Å². The van der Waals surface area contributed by atoms with Crippen LogP contribution in [0.2, 0.25) is 0 Å². The van der Waals surface area contributed by atoms with Gasteiger partial charge in [-0.3, -0.25) is 14.9 Å². The molecule has 0 radical (unpaired) electrons. The van der Waals surface area contributed by atoms with E-state index in [0.29, 0.717) is 0 Å². The van der Waals surface area contributed by atoms with Gasteiger partial charge in [-0.2, -0.15) is 0 Å². The van der Waals surface area contributed by atoms with Crippen molar-refractivity contribution in [3.63, 3.8) is 0 Å². The van der Waals surface area contributed by atoms with Crippen molar-refractivity contribution in [1.29, 1.82) is 0 Å².